The predicted molar refractivity (Wildman–Crippen MR) is 149 cm³/mol. The summed E-state index contributed by atoms with van der Waals surface area (Å²) in [7, 11) is 0. The van der Waals surface area contributed by atoms with Crippen LogP contribution in [0.3, 0.4) is 0 Å². The van der Waals surface area contributed by atoms with Crippen LogP contribution in [-0.4, -0.2) is 36.3 Å². The minimum Gasteiger partial charge on any atom is -0.503 e. The number of rotatable bonds is 7. The molecule has 0 radical (unpaired) electrons. The summed E-state index contributed by atoms with van der Waals surface area (Å²) in [6.07, 6.45) is 2.46. The molecule has 0 amide bonds. The second-order valence-electron chi connectivity index (χ2n) is 10.5. The van der Waals surface area contributed by atoms with Gasteiger partial charge in [0.15, 0.2) is 17.4 Å². The number of aromatic hydroxyl groups is 1. The Bertz CT molecular complexity index is 1370. The van der Waals surface area contributed by atoms with Crippen molar-refractivity contribution in [1.82, 2.24) is 4.90 Å². The van der Waals surface area contributed by atoms with Crippen molar-refractivity contribution in [2.75, 3.05) is 26.3 Å². The zero-order valence-electron chi connectivity index (χ0n) is 21.2. The summed E-state index contributed by atoms with van der Waals surface area (Å²) in [6.45, 7) is 4.52. The molecular weight excluding hydrogens is 530 g/mol. The molecule has 2 aliphatic rings. The molecule has 3 aromatic carbocycles. The summed E-state index contributed by atoms with van der Waals surface area (Å²) in [5, 5.41) is 11.0. The molecule has 1 fully saturated rings. The molecule has 2 nitrogen and oxygen atoms in total. The summed E-state index contributed by atoms with van der Waals surface area (Å²) in [5.74, 6) is -2.33. The summed E-state index contributed by atoms with van der Waals surface area (Å²) < 4.78 is 42.3. The number of nitrogens with zero attached hydrogens (tertiary/aromatic N) is 1. The van der Waals surface area contributed by atoms with Crippen LogP contribution >= 0.6 is 23.2 Å². The number of alkyl halides is 1. The molecule has 0 aromatic heterocycles. The fourth-order valence-electron chi connectivity index (χ4n) is 5.84. The normalized spacial score (nSPS) is 18.3. The topological polar surface area (TPSA) is 23.5 Å². The van der Waals surface area contributed by atoms with Crippen molar-refractivity contribution in [2.45, 2.75) is 32.6 Å². The van der Waals surface area contributed by atoms with E-state index in [2.05, 4.69) is 24.0 Å². The van der Waals surface area contributed by atoms with Gasteiger partial charge in [-0.3, -0.25) is 4.39 Å². The molecule has 200 valence electrons. The van der Waals surface area contributed by atoms with E-state index in [1.807, 2.05) is 18.2 Å². The Morgan fingerprint density at radius 1 is 1.00 bits per heavy atom. The minimum absolute atomic E-state index is 0.0226. The number of likely N-dealkylation sites (tertiary alicyclic amines) is 1. The molecule has 1 heterocycles. The van der Waals surface area contributed by atoms with Crippen LogP contribution < -0.4 is 0 Å². The maximum absolute atomic E-state index is 15.2. The molecule has 1 unspecified atom stereocenters. The number of phenols is 1. The molecule has 7 heteroatoms. The third kappa shape index (κ3) is 5.34. The fraction of sp³-hybridized carbons (Fsp3) is 0.355. The summed E-state index contributed by atoms with van der Waals surface area (Å²) >= 11 is 12.8. The monoisotopic (exact) mass is 559 g/mol. The molecule has 1 saturated heterocycles. The standard InChI is InChI=1S/C31H30Cl2F3NO/c1-18-3-9-23-25(15-27(35)31(38)30(23)36)29(28(18)24-10-8-22(32)14-26(24)33)21-6-4-19(5-7-21)13-20-16-37(17-20)12-2-11-34/h4-8,10,14-15,18,20,38H,2-3,9,11-13,16-17H2,1H3. The second-order valence-corrected chi connectivity index (χ2v) is 11.3. The summed E-state index contributed by atoms with van der Waals surface area (Å²) in [6, 6.07) is 14.7. The van der Waals surface area contributed by atoms with Gasteiger partial charge < -0.3 is 10.0 Å². The highest BCUT2D eigenvalue weighted by molar-refractivity contribution is 6.36. The second kappa shape index (κ2) is 11.3. The number of allylic oxidation sites excluding steroid dienone is 1. The van der Waals surface area contributed by atoms with Gasteiger partial charge in [0.05, 0.1) is 6.67 Å². The Balaban J connectivity index is 1.58. The number of hydrogen-bond donors (Lipinski definition) is 1. The van der Waals surface area contributed by atoms with Gasteiger partial charge in [-0.25, -0.2) is 8.78 Å². The Kier molecular flexibility index (Phi) is 8.08. The molecule has 38 heavy (non-hydrogen) atoms. The van der Waals surface area contributed by atoms with Crippen LogP contribution in [-0.2, 0) is 12.8 Å². The van der Waals surface area contributed by atoms with E-state index in [1.54, 1.807) is 12.1 Å². The first-order chi connectivity index (χ1) is 18.3. The number of benzene rings is 3. The molecule has 1 N–H and O–H groups in total. The first kappa shape index (κ1) is 27.1. The maximum Gasteiger partial charge on any atom is 0.188 e. The number of fused-ring (bicyclic) bond motifs is 1. The Hall–Kier alpha value is -2.47. The molecule has 0 bridgehead atoms. The van der Waals surface area contributed by atoms with E-state index in [0.717, 1.165) is 42.8 Å². The lowest BCUT2D eigenvalue weighted by Gasteiger charge is -2.39. The van der Waals surface area contributed by atoms with E-state index in [0.29, 0.717) is 51.9 Å². The van der Waals surface area contributed by atoms with Gasteiger partial charge in [0.25, 0.3) is 0 Å². The van der Waals surface area contributed by atoms with Gasteiger partial charge >= 0.3 is 0 Å². The molecule has 5 rings (SSSR count). The van der Waals surface area contributed by atoms with E-state index in [4.69, 9.17) is 23.2 Å². The van der Waals surface area contributed by atoms with Crippen molar-refractivity contribution in [2.24, 2.45) is 11.8 Å². The van der Waals surface area contributed by atoms with Crippen molar-refractivity contribution in [3.05, 3.63) is 98.0 Å². The van der Waals surface area contributed by atoms with E-state index in [-0.39, 0.29) is 12.6 Å². The number of halogens is 5. The maximum atomic E-state index is 15.2. The van der Waals surface area contributed by atoms with E-state index < -0.39 is 17.4 Å². The highest BCUT2D eigenvalue weighted by atomic mass is 35.5. The lowest BCUT2D eigenvalue weighted by molar-refractivity contribution is 0.0968. The highest BCUT2D eigenvalue weighted by Crippen LogP contribution is 2.46. The van der Waals surface area contributed by atoms with Crippen LogP contribution in [0, 0.1) is 23.5 Å². The lowest BCUT2D eigenvalue weighted by atomic mass is 9.83. The van der Waals surface area contributed by atoms with Gasteiger partial charge in [0.2, 0.25) is 0 Å². The molecule has 1 atom stereocenters. The summed E-state index contributed by atoms with van der Waals surface area (Å²) in [5.41, 5.74) is 5.11. The number of hydrogen-bond acceptors (Lipinski definition) is 2. The fourth-order valence-corrected chi connectivity index (χ4v) is 6.35. The Morgan fingerprint density at radius 2 is 1.74 bits per heavy atom. The average Bonchev–Trinajstić information content (AvgIpc) is 3.01. The van der Waals surface area contributed by atoms with Crippen molar-refractivity contribution in [3.63, 3.8) is 0 Å². The summed E-state index contributed by atoms with van der Waals surface area (Å²) in [4.78, 5) is 2.27. The van der Waals surface area contributed by atoms with Crippen molar-refractivity contribution in [3.8, 4) is 5.75 Å². The molecule has 1 aliphatic carbocycles. The SMILES string of the molecule is CC1CCc2c(cc(F)c(O)c2F)C(c2ccc(CC3CN(CCCF)C3)cc2)=C1c1ccc(Cl)cc1Cl. The largest absolute Gasteiger partial charge is 0.503 e. The quantitative estimate of drug-likeness (QED) is 0.314. The van der Waals surface area contributed by atoms with Crippen LogP contribution in [0.15, 0.2) is 48.5 Å². The van der Waals surface area contributed by atoms with E-state index in [9.17, 15) is 13.9 Å². The lowest BCUT2D eigenvalue weighted by Crippen LogP contribution is -2.47. The van der Waals surface area contributed by atoms with E-state index in [1.165, 1.54) is 11.6 Å². The van der Waals surface area contributed by atoms with Gasteiger partial charge in [-0.05, 0) is 94.7 Å². The van der Waals surface area contributed by atoms with Gasteiger partial charge in [-0.1, -0.05) is 60.5 Å². The van der Waals surface area contributed by atoms with Crippen molar-refractivity contribution < 1.29 is 18.3 Å². The van der Waals surface area contributed by atoms with Gasteiger partial charge in [0, 0.05) is 29.7 Å². The molecule has 3 aromatic rings. The Morgan fingerprint density at radius 3 is 2.42 bits per heavy atom. The van der Waals surface area contributed by atoms with Gasteiger partial charge in [0.1, 0.15) is 0 Å². The van der Waals surface area contributed by atoms with Crippen LogP contribution in [0.4, 0.5) is 13.2 Å². The molecular formula is C31H30Cl2F3NO. The molecule has 0 saturated carbocycles. The van der Waals surface area contributed by atoms with Crippen LogP contribution in [0.1, 0.15) is 47.6 Å². The van der Waals surface area contributed by atoms with Gasteiger partial charge in [-0.15, -0.1) is 0 Å². The number of phenolic OH excluding ortho intramolecular Hbond substituents is 1. The molecule has 0 spiro atoms. The third-order valence-corrected chi connectivity index (χ3v) is 8.33. The third-order valence-electron chi connectivity index (χ3n) is 7.78. The van der Waals surface area contributed by atoms with E-state index >= 15 is 4.39 Å². The zero-order chi connectivity index (χ0) is 27.0. The van der Waals surface area contributed by atoms with Crippen LogP contribution in [0.2, 0.25) is 10.0 Å². The van der Waals surface area contributed by atoms with Crippen molar-refractivity contribution in [1.29, 1.82) is 0 Å². The highest BCUT2D eigenvalue weighted by Gasteiger charge is 2.30. The minimum atomic E-state index is -0.992. The zero-order valence-corrected chi connectivity index (χ0v) is 22.7. The first-order valence-corrected chi connectivity index (χ1v) is 13.8. The first-order valence-electron chi connectivity index (χ1n) is 13.0. The predicted octanol–water partition coefficient (Wildman–Crippen LogP) is 8.35. The molecule has 1 aliphatic heterocycles. The Labute approximate surface area is 231 Å². The smallest absolute Gasteiger partial charge is 0.188 e. The van der Waals surface area contributed by atoms with Crippen LogP contribution in [0.5, 0.6) is 5.75 Å². The van der Waals surface area contributed by atoms with Crippen LogP contribution in [0.25, 0.3) is 11.1 Å². The van der Waals surface area contributed by atoms with Crippen molar-refractivity contribution >= 4 is 34.3 Å². The average molecular weight is 560 g/mol. The van der Waals surface area contributed by atoms with Gasteiger partial charge in [-0.2, -0.15) is 0 Å².